The second-order valence-electron chi connectivity index (χ2n) is 10.2. The van der Waals surface area contributed by atoms with Gasteiger partial charge < -0.3 is 24.8 Å². The van der Waals surface area contributed by atoms with E-state index in [9.17, 15) is 14.4 Å². The minimum Gasteiger partial charge on any atom is -0.496 e. The van der Waals surface area contributed by atoms with Crippen LogP contribution in [0, 0.1) is 0 Å². The van der Waals surface area contributed by atoms with E-state index in [1.54, 1.807) is 33.5 Å². The average Bonchev–Trinajstić information content (AvgIpc) is 3.11. The van der Waals surface area contributed by atoms with Crippen LogP contribution >= 0.6 is 0 Å². The van der Waals surface area contributed by atoms with E-state index >= 15 is 0 Å². The number of ether oxygens (including phenoxy) is 1. The highest BCUT2D eigenvalue weighted by molar-refractivity contribution is 6.06. The number of hydrogen-bond acceptors (Lipinski definition) is 6. The molecule has 0 bridgehead atoms. The molecule has 0 radical (unpaired) electrons. The molecule has 0 fully saturated rings. The maximum Gasteiger partial charge on any atom is 0.258 e. The molecule has 0 saturated carbocycles. The van der Waals surface area contributed by atoms with Crippen molar-refractivity contribution in [3.05, 3.63) is 64.1 Å². The van der Waals surface area contributed by atoms with Crippen LogP contribution in [0.5, 0.6) is 5.75 Å². The van der Waals surface area contributed by atoms with Gasteiger partial charge in [0.25, 0.3) is 5.56 Å². The van der Waals surface area contributed by atoms with Gasteiger partial charge in [0.2, 0.25) is 11.8 Å². The highest BCUT2D eigenvalue weighted by atomic mass is 16.5. The molecule has 9 heteroatoms. The third-order valence-corrected chi connectivity index (χ3v) is 6.96. The van der Waals surface area contributed by atoms with Gasteiger partial charge in [-0.15, -0.1) is 0 Å². The summed E-state index contributed by atoms with van der Waals surface area (Å²) in [5, 5.41) is 1.28. The predicted molar refractivity (Wildman–Crippen MR) is 160 cm³/mol. The third kappa shape index (κ3) is 5.93. The highest BCUT2D eigenvalue weighted by Gasteiger charge is 2.23. The van der Waals surface area contributed by atoms with Gasteiger partial charge in [-0.3, -0.25) is 14.4 Å². The zero-order valence-corrected chi connectivity index (χ0v) is 23.9. The van der Waals surface area contributed by atoms with E-state index in [2.05, 4.69) is 18.8 Å². The van der Waals surface area contributed by atoms with Gasteiger partial charge in [-0.25, -0.2) is 4.99 Å². The van der Waals surface area contributed by atoms with Crippen molar-refractivity contribution in [1.82, 2.24) is 14.4 Å². The molecule has 2 amide bonds. The van der Waals surface area contributed by atoms with Crippen molar-refractivity contribution < 1.29 is 14.3 Å². The molecule has 1 aromatic heterocycles. The number of nitrogens with two attached hydrogens (primary N) is 1. The SMILES string of the molecule is CCCN(CCC)C(=O)C1=Cc2c(cc(-c3ccc4c(=O)n(CC(=O)N(C)C)ccc4c3)cc2OC)N=C(N)C1. The van der Waals surface area contributed by atoms with Gasteiger partial charge in [0.1, 0.15) is 18.1 Å². The summed E-state index contributed by atoms with van der Waals surface area (Å²) in [7, 11) is 4.91. The fourth-order valence-electron chi connectivity index (χ4n) is 4.87. The quantitative estimate of drug-likeness (QED) is 0.435. The Hall–Kier alpha value is -4.40. The molecule has 1 aliphatic rings. The molecule has 2 heterocycles. The number of carbonyl (C=O) groups excluding carboxylic acids is 2. The zero-order chi connectivity index (χ0) is 29.0. The monoisotopic (exact) mass is 543 g/mol. The number of likely N-dealkylation sites (N-methyl/N-ethyl adjacent to an activating group) is 1. The Bertz CT molecular complexity index is 1560. The summed E-state index contributed by atoms with van der Waals surface area (Å²) in [6.07, 6.45) is 5.50. The molecule has 1 aliphatic heterocycles. The molecule has 2 N–H and O–H groups in total. The molecule has 0 saturated heterocycles. The van der Waals surface area contributed by atoms with E-state index in [0.717, 1.165) is 29.4 Å². The van der Waals surface area contributed by atoms with Crippen LogP contribution in [0.25, 0.3) is 28.0 Å². The number of fused-ring (bicyclic) bond motifs is 2. The molecule has 0 unspecified atom stereocenters. The third-order valence-electron chi connectivity index (χ3n) is 6.96. The lowest BCUT2D eigenvalue weighted by atomic mass is 9.98. The van der Waals surface area contributed by atoms with Crippen LogP contribution in [0.15, 0.2) is 58.0 Å². The molecule has 210 valence electrons. The number of aromatic nitrogens is 1. The van der Waals surface area contributed by atoms with Crippen LogP contribution in [0.2, 0.25) is 0 Å². The largest absolute Gasteiger partial charge is 0.496 e. The Balaban J connectivity index is 1.75. The molecule has 0 aliphatic carbocycles. The number of benzene rings is 2. The van der Waals surface area contributed by atoms with Crippen molar-refractivity contribution in [3.63, 3.8) is 0 Å². The summed E-state index contributed by atoms with van der Waals surface area (Å²) >= 11 is 0. The minimum atomic E-state index is -0.223. The van der Waals surface area contributed by atoms with E-state index in [4.69, 9.17) is 10.5 Å². The summed E-state index contributed by atoms with van der Waals surface area (Å²) in [5.74, 6) is 0.744. The van der Waals surface area contributed by atoms with Gasteiger partial charge in [0.05, 0.1) is 12.8 Å². The fraction of sp³-hybridized carbons (Fsp3) is 0.355. The van der Waals surface area contributed by atoms with Crippen LogP contribution in [-0.2, 0) is 16.1 Å². The number of amidine groups is 1. The lowest BCUT2D eigenvalue weighted by molar-refractivity contribution is -0.129. The van der Waals surface area contributed by atoms with E-state index < -0.39 is 0 Å². The number of carbonyl (C=O) groups is 2. The maximum absolute atomic E-state index is 13.4. The Labute approximate surface area is 234 Å². The van der Waals surface area contributed by atoms with E-state index in [1.807, 2.05) is 41.3 Å². The molecule has 3 aromatic rings. The summed E-state index contributed by atoms with van der Waals surface area (Å²) in [5.41, 5.74) is 9.68. The summed E-state index contributed by atoms with van der Waals surface area (Å²) in [4.78, 5) is 46.5. The van der Waals surface area contributed by atoms with Crippen molar-refractivity contribution >= 4 is 40.2 Å². The van der Waals surface area contributed by atoms with Crippen LogP contribution in [0.1, 0.15) is 38.7 Å². The first-order valence-electron chi connectivity index (χ1n) is 13.5. The molecular formula is C31H37N5O4. The van der Waals surface area contributed by atoms with Crippen LogP contribution < -0.4 is 16.0 Å². The smallest absolute Gasteiger partial charge is 0.258 e. The van der Waals surface area contributed by atoms with Gasteiger partial charge in [-0.2, -0.15) is 0 Å². The standard InChI is InChI=1S/C31H37N5O4/c1-6-11-35(12-7-2)30(38)23-15-25-26(33-28(32)18-23)16-22(17-27(25)40-5)20-8-9-24-21(14-20)10-13-36(31(24)39)19-29(37)34(3)4/h8-10,13-17H,6-7,11-12,18-19H2,1-5H3,(H2,32,33). The number of amides is 2. The van der Waals surface area contributed by atoms with E-state index in [1.165, 1.54) is 9.47 Å². The Morgan fingerprint density at radius 2 is 1.77 bits per heavy atom. The lowest BCUT2D eigenvalue weighted by Gasteiger charge is -2.22. The molecule has 0 spiro atoms. The van der Waals surface area contributed by atoms with Gasteiger partial charge >= 0.3 is 0 Å². The first kappa shape index (κ1) is 28.6. The van der Waals surface area contributed by atoms with Crippen molar-refractivity contribution in [3.8, 4) is 16.9 Å². The first-order chi connectivity index (χ1) is 19.2. The second kappa shape index (κ2) is 12.2. The molecular weight excluding hydrogens is 506 g/mol. The molecule has 0 atom stereocenters. The van der Waals surface area contributed by atoms with Crippen molar-refractivity contribution in [1.29, 1.82) is 0 Å². The Morgan fingerprint density at radius 1 is 1.05 bits per heavy atom. The minimum absolute atomic E-state index is 0.0162. The van der Waals surface area contributed by atoms with E-state index in [0.29, 0.717) is 46.9 Å². The van der Waals surface area contributed by atoms with Gasteiger partial charge in [-0.05, 0) is 65.8 Å². The Morgan fingerprint density at radius 3 is 2.42 bits per heavy atom. The first-order valence-corrected chi connectivity index (χ1v) is 13.5. The Kier molecular flexibility index (Phi) is 8.72. The zero-order valence-electron chi connectivity index (χ0n) is 23.9. The topological polar surface area (TPSA) is 110 Å². The van der Waals surface area contributed by atoms with Crippen LogP contribution in [0.3, 0.4) is 0 Å². The summed E-state index contributed by atoms with van der Waals surface area (Å²) in [6, 6.07) is 11.2. The molecule has 40 heavy (non-hydrogen) atoms. The van der Waals surface area contributed by atoms with Crippen molar-refractivity contribution in [2.45, 2.75) is 39.7 Å². The lowest BCUT2D eigenvalue weighted by Crippen LogP contribution is -2.34. The number of nitrogens with zero attached hydrogens (tertiary/aromatic N) is 4. The number of pyridine rings is 1. The van der Waals surface area contributed by atoms with Gasteiger partial charge in [0, 0.05) is 56.3 Å². The number of aliphatic imine (C=N–C) groups is 1. The molecule has 9 nitrogen and oxygen atoms in total. The van der Waals surface area contributed by atoms with E-state index in [-0.39, 0.29) is 30.3 Å². The fourth-order valence-corrected chi connectivity index (χ4v) is 4.87. The molecule has 4 rings (SSSR count). The summed E-state index contributed by atoms with van der Waals surface area (Å²) in [6.45, 7) is 5.47. The normalized spacial score (nSPS) is 12.7. The van der Waals surface area contributed by atoms with Crippen LogP contribution in [0.4, 0.5) is 5.69 Å². The van der Waals surface area contributed by atoms with Crippen molar-refractivity contribution in [2.24, 2.45) is 10.7 Å². The van der Waals surface area contributed by atoms with Gasteiger partial charge in [-0.1, -0.05) is 19.9 Å². The summed E-state index contributed by atoms with van der Waals surface area (Å²) < 4.78 is 7.18. The second-order valence-corrected chi connectivity index (χ2v) is 10.2. The molecule has 2 aromatic carbocycles. The van der Waals surface area contributed by atoms with Crippen LogP contribution in [-0.4, -0.2) is 66.3 Å². The number of hydrogen-bond donors (Lipinski definition) is 1. The number of methoxy groups -OCH3 is 1. The maximum atomic E-state index is 13.4. The highest BCUT2D eigenvalue weighted by Crippen LogP contribution is 2.39. The number of rotatable bonds is 9. The van der Waals surface area contributed by atoms with Gasteiger partial charge in [0.15, 0.2) is 0 Å². The average molecular weight is 544 g/mol. The van der Waals surface area contributed by atoms with Crippen molar-refractivity contribution in [2.75, 3.05) is 34.3 Å². The predicted octanol–water partition coefficient (Wildman–Crippen LogP) is 4.19.